The highest BCUT2D eigenvalue weighted by atomic mass is 16.5. The number of carbonyl (C=O) groups is 2. The second-order valence-corrected chi connectivity index (χ2v) is 5.44. The second-order valence-electron chi connectivity index (χ2n) is 5.44. The van der Waals surface area contributed by atoms with E-state index in [2.05, 4.69) is 18.8 Å². The van der Waals surface area contributed by atoms with Crippen LogP contribution in [0.1, 0.15) is 73.6 Å². The van der Waals surface area contributed by atoms with E-state index in [-0.39, 0.29) is 11.1 Å². The van der Waals surface area contributed by atoms with Gasteiger partial charge in [0.05, 0.1) is 17.7 Å². The number of hydrogen-bond acceptors (Lipinski definition) is 4. The molecule has 24 heavy (non-hydrogen) atoms. The molecule has 0 fully saturated rings. The highest BCUT2D eigenvalue weighted by Crippen LogP contribution is 2.14. The maximum Gasteiger partial charge on any atom is 0.340 e. The molecule has 0 heterocycles. The molecule has 0 spiro atoms. The fourth-order valence-corrected chi connectivity index (χ4v) is 2.18. The van der Waals surface area contributed by atoms with Crippen molar-refractivity contribution in [3.8, 4) is 11.8 Å². The first-order chi connectivity index (χ1) is 11.6. The van der Waals surface area contributed by atoms with Crippen LogP contribution in [0, 0.1) is 11.8 Å². The first-order valence-electron chi connectivity index (χ1n) is 8.53. The Morgan fingerprint density at radius 1 is 1.04 bits per heavy atom. The summed E-state index contributed by atoms with van der Waals surface area (Å²) in [6.45, 7) is 6.07. The number of ether oxygens (including phenoxy) is 2. The van der Waals surface area contributed by atoms with Gasteiger partial charge in [-0.1, -0.05) is 51.2 Å². The first-order valence-corrected chi connectivity index (χ1v) is 8.53. The Labute approximate surface area is 144 Å². The lowest BCUT2D eigenvalue weighted by atomic mass is 10.1. The predicted octanol–water partition coefficient (Wildman–Crippen LogP) is 4.38. The summed E-state index contributed by atoms with van der Waals surface area (Å²) in [5.41, 5.74) is 0.449. The van der Waals surface area contributed by atoms with Gasteiger partial charge in [-0.3, -0.25) is 0 Å². The van der Waals surface area contributed by atoms with E-state index in [0.717, 1.165) is 25.7 Å². The summed E-state index contributed by atoms with van der Waals surface area (Å²) in [5.74, 6) is 4.52. The van der Waals surface area contributed by atoms with Gasteiger partial charge in [-0.15, -0.1) is 5.92 Å². The molecule has 0 aliphatic carbocycles. The third-order valence-electron chi connectivity index (χ3n) is 3.52. The Morgan fingerprint density at radius 2 is 1.71 bits per heavy atom. The molecular weight excluding hydrogens is 304 g/mol. The van der Waals surface area contributed by atoms with Gasteiger partial charge in [0.2, 0.25) is 0 Å². The van der Waals surface area contributed by atoms with Gasteiger partial charge in [0, 0.05) is 0 Å². The van der Waals surface area contributed by atoms with Crippen molar-refractivity contribution in [1.82, 2.24) is 0 Å². The van der Waals surface area contributed by atoms with Crippen molar-refractivity contribution >= 4 is 11.9 Å². The van der Waals surface area contributed by atoms with E-state index >= 15 is 0 Å². The number of unbranched alkanes of at least 4 members (excludes halogenated alkanes) is 3. The Kier molecular flexibility index (Phi) is 9.29. The van der Waals surface area contributed by atoms with Crippen molar-refractivity contribution in [1.29, 1.82) is 0 Å². The van der Waals surface area contributed by atoms with Crippen LogP contribution >= 0.6 is 0 Å². The summed E-state index contributed by atoms with van der Waals surface area (Å²) < 4.78 is 10.6. The lowest BCUT2D eigenvalue weighted by Crippen LogP contribution is -2.19. The average molecular weight is 330 g/mol. The van der Waals surface area contributed by atoms with Gasteiger partial charge in [-0.25, -0.2) is 9.59 Å². The quantitative estimate of drug-likeness (QED) is 0.383. The van der Waals surface area contributed by atoms with E-state index in [1.54, 1.807) is 31.2 Å². The van der Waals surface area contributed by atoms with Crippen LogP contribution in [0.25, 0.3) is 0 Å². The standard InChI is InChI=1S/C20H26O4/c1-4-7-8-11-15-23-19(21)17-13-9-10-14-18(17)20(22)24-16(6-3)12-5-2/h9-10,13-14,16H,4,6-8,11,15H2,1-3H3. The van der Waals surface area contributed by atoms with Crippen LogP contribution in [0.15, 0.2) is 24.3 Å². The number of benzene rings is 1. The molecule has 0 amide bonds. The van der Waals surface area contributed by atoms with Crippen molar-refractivity contribution in [3.05, 3.63) is 35.4 Å². The number of rotatable bonds is 9. The molecule has 1 aromatic rings. The van der Waals surface area contributed by atoms with E-state index in [9.17, 15) is 9.59 Å². The van der Waals surface area contributed by atoms with Gasteiger partial charge in [0.1, 0.15) is 0 Å². The minimum absolute atomic E-state index is 0.215. The minimum atomic E-state index is -0.553. The van der Waals surface area contributed by atoms with Gasteiger partial charge in [0.15, 0.2) is 6.10 Å². The van der Waals surface area contributed by atoms with E-state index in [1.807, 2.05) is 6.92 Å². The highest BCUT2D eigenvalue weighted by Gasteiger charge is 2.20. The van der Waals surface area contributed by atoms with Crippen LogP contribution in [0.5, 0.6) is 0 Å². The molecule has 0 saturated carbocycles. The molecular formula is C20H26O4. The monoisotopic (exact) mass is 330 g/mol. The largest absolute Gasteiger partial charge is 0.462 e. The zero-order valence-electron chi connectivity index (χ0n) is 14.8. The van der Waals surface area contributed by atoms with Gasteiger partial charge in [0.25, 0.3) is 0 Å². The Morgan fingerprint density at radius 3 is 2.29 bits per heavy atom. The molecule has 0 aliphatic heterocycles. The predicted molar refractivity (Wildman–Crippen MR) is 93.8 cm³/mol. The molecule has 0 N–H and O–H groups in total. The SMILES string of the molecule is CC#CC(CC)OC(=O)c1ccccc1C(=O)OCCCCCC. The molecule has 130 valence electrons. The first kappa shape index (κ1) is 19.8. The van der Waals surface area contributed by atoms with Gasteiger partial charge < -0.3 is 9.47 Å². The minimum Gasteiger partial charge on any atom is -0.462 e. The summed E-state index contributed by atoms with van der Waals surface area (Å²) in [4.78, 5) is 24.6. The molecule has 4 heteroatoms. The lowest BCUT2D eigenvalue weighted by Gasteiger charge is -2.12. The number of hydrogen-bond donors (Lipinski definition) is 0. The fourth-order valence-electron chi connectivity index (χ4n) is 2.18. The number of esters is 2. The summed E-state index contributed by atoms with van der Waals surface area (Å²) in [7, 11) is 0. The van der Waals surface area contributed by atoms with E-state index < -0.39 is 18.0 Å². The molecule has 1 aromatic carbocycles. The maximum atomic E-state index is 12.3. The smallest absolute Gasteiger partial charge is 0.340 e. The summed E-state index contributed by atoms with van der Waals surface area (Å²) in [6, 6.07) is 6.55. The topological polar surface area (TPSA) is 52.6 Å². The highest BCUT2D eigenvalue weighted by molar-refractivity contribution is 6.03. The summed E-state index contributed by atoms with van der Waals surface area (Å²) in [5, 5.41) is 0. The molecule has 0 radical (unpaired) electrons. The van der Waals surface area contributed by atoms with Gasteiger partial charge in [-0.2, -0.15) is 0 Å². The third-order valence-corrected chi connectivity index (χ3v) is 3.52. The van der Waals surface area contributed by atoms with Crippen molar-refractivity contribution in [2.45, 2.75) is 59.0 Å². The zero-order chi connectivity index (χ0) is 17.8. The Hall–Kier alpha value is -2.28. The van der Waals surface area contributed by atoms with Gasteiger partial charge in [-0.05, 0) is 31.9 Å². The molecule has 0 aliphatic rings. The van der Waals surface area contributed by atoms with E-state index in [1.165, 1.54) is 0 Å². The Bertz CT molecular complexity index is 595. The maximum absolute atomic E-state index is 12.3. The van der Waals surface area contributed by atoms with Crippen molar-refractivity contribution in [2.24, 2.45) is 0 Å². The van der Waals surface area contributed by atoms with E-state index in [0.29, 0.717) is 13.0 Å². The third kappa shape index (κ3) is 6.45. The molecule has 0 saturated heterocycles. The molecule has 0 aromatic heterocycles. The van der Waals surface area contributed by atoms with Crippen molar-refractivity contribution < 1.29 is 19.1 Å². The lowest BCUT2D eigenvalue weighted by molar-refractivity contribution is 0.0384. The molecule has 4 nitrogen and oxygen atoms in total. The van der Waals surface area contributed by atoms with Crippen molar-refractivity contribution in [2.75, 3.05) is 6.61 Å². The van der Waals surface area contributed by atoms with Crippen LogP contribution in [-0.2, 0) is 9.47 Å². The van der Waals surface area contributed by atoms with Crippen LogP contribution in [-0.4, -0.2) is 24.6 Å². The van der Waals surface area contributed by atoms with Crippen LogP contribution in [0.3, 0.4) is 0 Å². The van der Waals surface area contributed by atoms with Crippen molar-refractivity contribution in [3.63, 3.8) is 0 Å². The van der Waals surface area contributed by atoms with E-state index in [4.69, 9.17) is 9.47 Å². The summed E-state index contributed by atoms with van der Waals surface area (Å²) >= 11 is 0. The molecule has 1 atom stereocenters. The van der Waals surface area contributed by atoms with Crippen LogP contribution in [0.4, 0.5) is 0 Å². The Balaban J connectivity index is 2.74. The number of carbonyl (C=O) groups excluding carboxylic acids is 2. The van der Waals surface area contributed by atoms with Crippen LogP contribution in [0.2, 0.25) is 0 Å². The fraction of sp³-hybridized carbons (Fsp3) is 0.500. The zero-order valence-corrected chi connectivity index (χ0v) is 14.8. The molecule has 1 rings (SSSR count). The molecule has 1 unspecified atom stereocenters. The average Bonchev–Trinajstić information content (AvgIpc) is 2.60. The van der Waals surface area contributed by atoms with Gasteiger partial charge >= 0.3 is 11.9 Å². The van der Waals surface area contributed by atoms with Crippen LogP contribution < -0.4 is 0 Å². The normalized spacial score (nSPS) is 11.1. The summed E-state index contributed by atoms with van der Waals surface area (Å²) in [6.07, 6.45) is 4.23. The second kappa shape index (κ2) is 11.3. The molecule has 0 bridgehead atoms.